The van der Waals surface area contributed by atoms with Crippen LogP contribution in [0, 0.1) is 10.1 Å². The van der Waals surface area contributed by atoms with Crippen molar-refractivity contribution in [1.29, 1.82) is 0 Å². The molecule has 0 radical (unpaired) electrons. The molecule has 0 spiro atoms. The number of hydrogen-bond donors (Lipinski definition) is 0. The number of benzene rings is 1. The topological polar surface area (TPSA) is 61.6 Å². The van der Waals surface area contributed by atoms with E-state index in [9.17, 15) is 10.1 Å². The molecule has 0 bridgehead atoms. The normalized spacial score (nSPS) is 25.1. The number of halogens is 2. The van der Waals surface area contributed by atoms with E-state index >= 15 is 0 Å². The summed E-state index contributed by atoms with van der Waals surface area (Å²) in [5.41, 5.74) is 0.0175. The molecular formula is C13H15Br2NO4. The Kier molecular flexibility index (Phi) is 5.40. The van der Waals surface area contributed by atoms with Crippen molar-refractivity contribution in [3.63, 3.8) is 0 Å². The Bertz CT molecular complexity index is 497. The first-order valence-corrected chi connectivity index (χ1v) is 8.10. The van der Waals surface area contributed by atoms with E-state index in [1.54, 1.807) is 6.07 Å². The van der Waals surface area contributed by atoms with E-state index in [1.807, 2.05) is 0 Å². The minimum atomic E-state index is -0.432. The first kappa shape index (κ1) is 15.7. The van der Waals surface area contributed by atoms with Crippen molar-refractivity contribution in [1.82, 2.24) is 0 Å². The largest absolute Gasteiger partial charge is 0.486 e. The molecule has 20 heavy (non-hydrogen) atoms. The molecule has 0 aromatic heterocycles. The van der Waals surface area contributed by atoms with E-state index in [-0.39, 0.29) is 22.7 Å². The van der Waals surface area contributed by atoms with Crippen molar-refractivity contribution in [2.45, 2.75) is 36.8 Å². The van der Waals surface area contributed by atoms with Crippen molar-refractivity contribution in [2.75, 3.05) is 6.61 Å². The van der Waals surface area contributed by atoms with Crippen molar-refractivity contribution < 1.29 is 14.4 Å². The molecule has 1 saturated carbocycles. The van der Waals surface area contributed by atoms with E-state index in [0.29, 0.717) is 16.8 Å². The zero-order valence-corrected chi connectivity index (χ0v) is 14.1. The van der Waals surface area contributed by atoms with Gasteiger partial charge in [-0.2, -0.15) is 0 Å². The van der Waals surface area contributed by atoms with Crippen molar-refractivity contribution in [2.24, 2.45) is 0 Å². The van der Waals surface area contributed by atoms with Crippen LogP contribution in [0.3, 0.4) is 0 Å². The SMILES string of the molecule is CCCOC1C(Br)CC1Oc1cc([N+](=O)[O-])ccc1Br. The average molecular weight is 409 g/mol. The first-order valence-electron chi connectivity index (χ1n) is 6.39. The Labute approximate surface area is 134 Å². The molecular weight excluding hydrogens is 394 g/mol. The molecule has 1 aromatic carbocycles. The highest BCUT2D eigenvalue weighted by Gasteiger charge is 2.42. The quantitative estimate of drug-likeness (QED) is 0.404. The second-order valence-electron chi connectivity index (χ2n) is 4.62. The van der Waals surface area contributed by atoms with Gasteiger partial charge in [-0.3, -0.25) is 10.1 Å². The van der Waals surface area contributed by atoms with E-state index in [1.165, 1.54) is 12.1 Å². The Morgan fingerprint density at radius 1 is 1.50 bits per heavy atom. The predicted octanol–water partition coefficient (Wildman–Crippen LogP) is 4.07. The fourth-order valence-corrected chi connectivity index (χ4v) is 3.17. The molecule has 0 amide bonds. The molecule has 0 heterocycles. The first-order chi connectivity index (χ1) is 9.52. The number of nitrogens with zero attached hydrogens (tertiary/aromatic N) is 1. The second-order valence-corrected chi connectivity index (χ2v) is 6.65. The number of nitro benzene ring substituents is 1. The van der Waals surface area contributed by atoms with Gasteiger partial charge in [0.05, 0.1) is 15.5 Å². The third-order valence-electron chi connectivity index (χ3n) is 3.10. The second kappa shape index (κ2) is 6.87. The number of hydrogen-bond acceptors (Lipinski definition) is 4. The van der Waals surface area contributed by atoms with Gasteiger partial charge in [-0.15, -0.1) is 0 Å². The van der Waals surface area contributed by atoms with Crippen LogP contribution in [0.25, 0.3) is 0 Å². The third-order valence-corrected chi connectivity index (χ3v) is 4.65. The molecule has 5 nitrogen and oxygen atoms in total. The minimum absolute atomic E-state index is 0.0129. The maximum Gasteiger partial charge on any atom is 0.273 e. The lowest BCUT2D eigenvalue weighted by Gasteiger charge is -2.41. The van der Waals surface area contributed by atoms with Crippen molar-refractivity contribution in [3.8, 4) is 5.75 Å². The Balaban J connectivity index is 2.06. The fourth-order valence-electron chi connectivity index (χ4n) is 1.97. The summed E-state index contributed by atoms with van der Waals surface area (Å²) in [5.74, 6) is 0.480. The summed E-state index contributed by atoms with van der Waals surface area (Å²) in [4.78, 5) is 10.6. The highest BCUT2D eigenvalue weighted by Crippen LogP contribution is 2.37. The van der Waals surface area contributed by atoms with E-state index in [4.69, 9.17) is 9.47 Å². The Morgan fingerprint density at radius 2 is 2.25 bits per heavy atom. The van der Waals surface area contributed by atoms with Gasteiger partial charge in [0.25, 0.3) is 5.69 Å². The van der Waals surface area contributed by atoms with E-state index < -0.39 is 4.92 Å². The Hall–Kier alpha value is -0.660. The molecule has 1 fully saturated rings. The predicted molar refractivity (Wildman–Crippen MR) is 82.6 cm³/mol. The molecule has 0 saturated heterocycles. The molecule has 7 heteroatoms. The zero-order chi connectivity index (χ0) is 14.7. The van der Waals surface area contributed by atoms with Crippen LogP contribution in [-0.4, -0.2) is 28.6 Å². The van der Waals surface area contributed by atoms with Crippen molar-refractivity contribution >= 4 is 37.5 Å². The van der Waals surface area contributed by atoms with E-state index in [2.05, 4.69) is 38.8 Å². The van der Waals surface area contributed by atoms with Crippen LogP contribution in [0.4, 0.5) is 5.69 Å². The molecule has 0 aliphatic heterocycles. The maximum atomic E-state index is 10.8. The molecule has 3 atom stereocenters. The van der Waals surface area contributed by atoms with Gasteiger partial charge < -0.3 is 9.47 Å². The van der Waals surface area contributed by atoms with Crippen LogP contribution in [0.1, 0.15) is 19.8 Å². The lowest BCUT2D eigenvalue weighted by Crippen LogP contribution is -2.52. The van der Waals surface area contributed by atoms with Crippen LogP contribution in [0.2, 0.25) is 0 Å². The molecule has 1 aromatic rings. The minimum Gasteiger partial charge on any atom is -0.486 e. The standard InChI is InChI=1S/C13H15Br2NO4/c1-2-5-19-13-10(15)7-12(13)20-11-6-8(16(17)18)3-4-9(11)14/h3-4,6,10,12-13H,2,5,7H2,1H3. The average Bonchev–Trinajstić information content (AvgIpc) is 2.40. The molecule has 0 N–H and O–H groups in total. The number of nitro groups is 1. The lowest BCUT2D eigenvalue weighted by atomic mass is 9.91. The zero-order valence-electron chi connectivity index (χ0n) is 10.9. The van der Waals surface area contributed by atoms with Crippen LogP contribution >= 0.6 is 31.9 Å². The number of alkyl halides is 1. The summed E-state index contributed by atoms with van der Waals surface area (Å²) in [6.45, 7) is 2.73. The molecule has 3 unspecified atom stereocenters. The summed E-state index contributed by atoms with van der Waals surface area (Å²) in [5, 5.41) is 10.8. The number of ether oxygens (including phenoxy) is 2. The molecule has 110 valence electrons. The number of non-ortho nitro benzene ring substituents is 1. The highest BCUT2D eigenvalue weighted by atomic mass is 79.9. The third kappa shape index (κ3) is 3.51. The van der Waals surface area contributed by atoms with Gasteiger partial charge in [-0.05, 0) is 28.4 Å². The highest BCUT2D eigenvalue weighted by molar-refractivity contribution is 9.10. The monoisotopic (exact) mass is 407 g/mol. The van der Waals surface area contributed by atoms with E-state index in [0.717, 1.165) is 12.8 Å². The van der Waals surface area contributed by atoms with Crippen LogP contribution < -0.4 is 4.74 Å². The van der Waals surface area contributed by atoms with Gasteiger partial charge in [0, 0.05) is 23.9 Å². The van der Waals surface area contributed by atoms with Crippen LogP contribution in [-0.2, 0) is 4.74 Å². The summed E-state index contributed by atoms with van der Waals surface area (Å²) < 4.78 is 12.3. The Morgan fingerprint density at radius 3 is 2.85 bits per heavy atom. The van der Waals surface area contributed by atoms with Gasteiger partial charge in [0.1, 0.15) is 18.0 Å². The summed E-state index contributed by atoms with van der Waals surface area (Å²) >= 11 is 6.89. The van der Waals surface area contributed by atoms with Gasteiger partial charge in [0.15, 0.2) is 0 Å². The summed E-state index contributed by atoms with van der Waals surface area (Å²) in [6, 6.07) is 4.50. The van der Waals surface area contributed by atoms with Crippen LogP contribution in [0.15, 0.2) is 22.7 Å². The van der Waals surface area contributed by atoms with Crippen molar-refractivity contribution in [3.05, 3.63) is 32.8 Å². The lowest BCUT2D eigenvalue weighted by molar-refractivity contribution is -0.385. The fraction of sp³-hybridized carbons (Fsp3) is 0.538. The van der Waals surface area contributed by atoms with Gasteiger partial charge in [0.2, 0.25) is 0 Å². The molecule has 2 rings (SSSR count). The molecule has 1 aliphatic carbocycles. The molecule has 1 aliphatic rings. The van der Waals surface area contributed by atoms with Gasteiger partial charge in [-0.1, -0.05) is 22.9 Å². The summed E-state index contributed by atoms with van der Waals surface area (Å²) in [6.07, 6.45) is 1.68. The summed E-state index contributed by atoms with van der Waals surface area (Å²) in [7, 11) is 0. The smallest absolute Gasteiger partial charge is 0.273 e. The maximum absolute atomic E-state index is 10.8. The van der Waals surface area contributed by atoms with Gasteiger partial charge in [-0.25, -0.2) is 0 Å². The van der Waals surface area contributed by atoms with Crippen LogP contribution in [0.5, 0.6) is 5.75 Å². The van der Waals surface area contributed by atoms with Gasteiger partial charge >= 0.3 is 0 Å². The number of rotatable bonds is 6.